The van der Waals surface area contributed by atoms with Crippen molar-refractivity contribution in [2.24, 2.45) is 0 Å². The third-order valence-corrected chi connectivity index (χ3v) is 3.84. The number of methoxy groups -OCH3 is 2. The Morgan fingerprint density at radius 2 is 2.07 bits per heavy atom. The van der Waals surface area contributed by atoms with E-state index < -0.39 is 18.5 Å². The van der Waals surface area contributed by atoms with Gasteiger partial charge in [0, 0.05) is 6.08 Å². The van der Waals surface area contributed by atoms with Gasteiger partial charge in [0.15, 0.2) is 18.1 Å². The first-order valence-corrected chi connectivity index (χ1v) is 8.41. The number of rotatable bonds is 8. The Hall–Kier alpha value is -2.93. The molecule has 0 bridgehead atoms. The van der Waals surface area contributed by atoms with Gasteiger partial charge in [-0.25, -0.2) is 4.79 Å². The van der Waals surface area contributed by atoms with Crippen LogP contribution in [0.5, 0.6) is 11.5 Å². The van der Waals surface area contributed by atoms with Crippen molar-refractivity contribution in [1.82, 2.24) is 5.32 Å². The Morgan fingerprint density at radius 3 is 2.70 bits per heavy atom. The second kappa shape index (κ2) is 9.68. The lowest BCUT2D eigenvalue weighted by Gasteiger charge is -2.11. The first kappa shape index (κ1) is 20.4. The predicted molar refractivity (Wildman–Crippen MR) is 99.8 cm³/mol. The van der Waals surface area contributed by atoms with Gasteiger partial charge in [-0.2, -0.15) is 0 Å². The number of halogens is 1. The fourth-order valence-corrected chi connectivity index (χ4v) is 2.57. The summed E-state index contributed by atoms with van der Waals surface area (Å²) < 4.78 is 20.4. The standard InChI is InChI=1S/C19H20ClNO6/c1-12(15-5-4-8-26-15)21-17(22)11-27-18(23)7-6-13-9-14(20)19(25-3)16(10-13)24-2/h4-10,12H,11H2,1-3H3,(H,21,22)/b7-6+/t12-/m0/s1. The Kier molecular flexibility index (Phi) is 7.31. The topological polar surface area (TPSA) is 87.0 Å². The van der Waals surface area contributed by atoms with Gasteiger partial charge in [0.25, 0.3) is 5.91 Å². The number of amides is 1. The first-order valence-electron chi connectivity index (χ1n) is 8.03. The second-order valence-corrected chi connectivity index (χ2v) is 5.89. The third-order valence-electron chi connectivity index (χ3n) is 3.56. The van der Waals surface area contributed by atoms with Crippen LogP contribution in [0.15, 0.2) is 41.0 Å². The molecule has 1 aromatic carbocycles. The van der Waals surface area contributed by atoms with E-state index >= 15 is 0 Å². The van der Waals surface area contributed by atoms with Gasteiger partial charge in [0.1, 0.15) is 5.76 Å². The molecule has 0 aliphatic carbocycles. The molecule has 7 nitrogen and oxygen atoms in total. The molecule has 1 atom stereocenters. The van der Waals surface area contributed by atoms with Crippen molar-refractivity contribution in [2.45, 2.75) is 13.0 Å². The van der Waals surface area contributed by atoms with Crippen LogP contribution in [0.25, 0.3) is 6.08 Å². The van der Waals surface area contributed by atoms with Crippen molar-refractivity contribution >= 4 is 29.6 Å². The Balaban J connectivity index is 1.88. The molecule has 0 aliphatic heterocycles. The molecule has 1 amide bonds. The highest BCUT2D eigenvalue weighted by Crippen LogP contribution is 2.36. The normalized spacial score (nSPS) is 11.9. The maximum atomic E-state index is 11.8. The molecule has 2 aromatic rings. The van der Waals surface area contributed by atoms with Crippen LogP contribution in [0.1, 0.15) is 24.3 Å². The second-order valence-electron chi connectivity index (χ2n) is 5.48. The van der Waals surface area contributed by atoms with E-state index in [0.29, 0.717) is 27.8 Å². The average molecular weight is 394 g/mol. The van der Waals surface area contributed by atoms with Crippen LogP contribution in [-0.4, -0.2) is 32.7 Å². The van der Waals surface area contributed by atoms with Crippen molar-refractivity contribution in [1.29, 1.82) is 0 Å². The molecule has 0 aliphatic rings. The SMILES string of the molecule is COc1cc(/C=C/C(=O)OCC(=O)N[C@@H](C)c2ccco2)cc(Cl)c1OC. The summed E-state index contributed by atoms with van der Waals surface area (Å²) in [5.74, 6) is 0.349. The van der Waals surface area contributed by atoms with Gasteiger partial charge in [0.05, 0.1) is 31.5 Å². The van der Waals surface area contributed by atoms with Crippen LogP contribution in [0.2, 0.25) is 5.02 Å². The molecular formula is C19H20ClNO6. The zero-order chi connectivity index (χ0) is 19.8. The lowest BCUT2D eigenvalue weighted by atomic mass is 10.2. The van der Waals surface area contributed by atoms with E-state index in [2.05, 4.69) is 5.32 Å². The van der Waals surface area contributed by atoms with E-state index in [-0.39, 0.29) is 6.04 Å². The summed E-state index contributed by atoms with van der Waals surface area (Å²) in [6, 6.07) is 6.42. The highest BCUT2D eigenvalue weighted by Gasteiger charge is 2.13. The van der Waals surface area contributed by atoms with Gasteiger partial charge in [0.2, 0.25) is 0 Å². The molecule has 0 saturated heterocycles. The van der Waals surface area contributed by atoms with Gasteiger partial charge in [-0.3, -0.25) is 4.79 Å². The smallest absolute Gasteiger partial charge is 0.331 e. The lowest BCUT2D eigenvalue weighted by molar-refractivity contribution is -0.144. The number of furan rings is 1. The van der Waals surface area contributed by atoms with Crippen LogP contribution in [0, 0.1) is 0 Å². The fourth-order valence-electron chi connectivity index (χ4n) is 2.28. The molecule has 0 saturated carbocycles. The minimum absolute atomic E-state index is 0.323. The monoisotopic (exact) mass is 393 g/mol. The number of carbonyl (C=O) groups is 2. The van der Waals surface area contributed by atoms with Crippen LogP contribution < -0.4 is 14.8 Å². The first-order chi connectivity index (χ1) is 12.9. The number of benzene rings is 1. The molecule has 1 aromatic heterocycles. The number of nitrogens with one attached hydrogen (secondary N) is 1. The molecule has 1 heterocycles. The Labute approximate surface area is 161 Å². The van der Waals surface area contributed by atoms with Crippen molar-refractivity contribution in [3.05, 3.63) is 53.0 Å². The van der Waals surface area contributed by atoms with Crippen molar-refractivity contribution in [2.75, 3.05) is 20.8 Å². The molecule has 8 heteroatoms. The largest absolute Gasteiger partial charge is 0.493 e. The molecule has 0 radical (unpaired) electrons. The minimum atomic E-state index is -0.665. The van der Waals surface area contributed by atoms with Crippen LogP contribution >= 0.6 is 11.6 Å². The lowest BCUT2D eigenvalue weighted by Crippen LogP contribution is -2.30. The third kappa shape index (κ3) is 5.79. The molecule has 1 N–H and O–H groups in total. The zero-order valence-electron chi connectivity index (χ0n) is 15.2. The van der Waals surface area contributed by atoms with Crippen molar-refractivity contribution in [3.8, 4) is 11.5 Å². The van der Waals surface area contributed by atoms with Gasteiger partial charge in [-0.15, -0.1) is 0 Å². The summed E-state index contributed by atoms with van der Waals surface area (Å²) in [5, 5.41) is 3.01. The summed E-state index contributed by atoms with van der Waals surface area (Å²) >= 11 is 6.11. The summed E-state index contributed by atoms with van der Waals surface area (Å²) in [6.45, 7) is 1.36. The summed E-state index contributed by atoms with van der Waals surface area (Å²) in [5.41, 5.74) is 0.616. The average Bonchev–Trinajstić information content (AvgIpc) is 3.19. The van der Waals surface area contributed by atoms with Crippen LogP contribution in [-0.2, 0) is 14.3 Å². The number of carbonyl (C=O) groups excluding carboxylic acids is 2. The maximum Gasteiger partial charge on any atom is 0.331 e. The molecule has 27 heavy (non-hydrogen) atoms. The summed E-state index contributed by atoms with van der Waals surface area (Å²) in [6.07, 6.45) is 4.21. The van der Waals surface area contributed by atoms with Crippen molar-refractivity contribution < 1.29 is 28.2 Å². The van der Waals surface area contributed by atoms with E-state index in [9.17, 15) is 9.59 Å². The minimum Gasteiger partial charge on any atom is -0.493 e. The van der Waals surface area contributed by atoms with E-state index in [1.54, 1.807) is 31.2 Å². The molecule has 144 valence electrons. The Bertz CT molecular complexity index is 816. The van der Waals surface area contributed by atoms with Crippen LogP contribution in [0.4, 0.5) is 0 Å². The molecule has 0 spiro atoms. The number of ether oxygens (including phenoxy) is 3. The number of hydrogen-bond acceptors (Lipinski definition) is 6. The van der Waals surface area contributed by atoms with Crippen LogP contribution in [0.3, 0.4) is 0 Å². The van der Waals surface area contributed by atoms with Gasteiger partial charge in [-0.05, 0) is 42.8 Å². The molecular weight excluding hydrogens is 374 g/mol. The molecule has 0 fully saturated rings. The summed E-state index contributed by atoms with van der Waals surface area (Å²) in [7, 11) is 2.96. The van der Waals surface area contributed by atoms with E-state index in [1.165, 1.54) is 32.6 Å². The highest BCUT2D eigenvalue weighted by atomic mass is 35.5. The number of esters is 1. The van der Waals surface area contributed by atoms with E-state index in [0.717, 1.165) is 0 Å². The van der Waals surface area contributed by atoms with Gasteiger partial charge in [-0.1, -0.05) is 11.6 Å². The van der Waals surface area contributed by atoms with Gasteiger partial charge >= 0.3 is 5.97 Å². The maximum absolute atomic E-state index is 11.8. The highest BCUT2D eigenvalue weighted by molar-refractivity contribution is 6.32. The number of hydrogen-bond donors (Lipinski definition) is 1. The molecule has 2 rings (SSSR count). The summed E-state index contributed by atoms with van der Waals surface area (Å²) in [4.78, 5) is 23.6. The van der Waals surface area contributed by atoms with E-state index in [1.807, 2.05) is 0 Å². The van der Waals surface area contributed by atoms with Crippen molar-refractivity contribution in [3.63, 3.8) is 0 Å². The predicted octanol–water partition coefficient (Wildman–Crippen LogP) is 3.38. The van der Waals surface area contributed by atoms with Gasteiger partial charge < -0.3 is 23.9 Å². The zero-order valence-corrected chi connectivity index (χ0v) is 15.9. The van der Waals surface area contributed by atoms with E-state index in [4.69, 9.17) is 30.2 Å². The Morgan fingerprint density at radius 1 is 1.30 bits per heavy atom. The molecule has 0 unspecified atom stereocenters. The quantitative estimate of drug-likeness (QED) is 0.546. The fraction of sp³-hybridized carbons (Fsp3) is 0.263.